The van der Waals surface area contributed by atoms with Crippen molar-refractivity contribution in [2.45, 2.75) is 13.0 Å². The summed E-state index contributed by atoms with van der Waals surface area (Å²) < 4.78 is 18.2. The van der Waals surface area contributed by atoms with E-state index in [9.17, 15) is 14.1 Å². The second-order valence-electron chi connectivity index (χ2n) is 4.60. The Hall–Kier alpha value is -1.36. The topological polar surface area (TPSA) is 101 Å². The molecule has 3 N–H and O–H groups in total. The van der Waals surface area contributed by atoms with Crippen LogP contribution in [0, 0.1) is 0 Å². The molecule has 1 aromatic carbocycles. The van der Waals surface area contributed by atoms with Crippen LogP contribution in [0.5, 0.6) is 0 Å². The number of nitrogens with zero attached hydrogens (tertiary/aromatic N) is 1. The second kappa shape index (κ2) is 9.21. The van der Waals surface area contributed by atoms with E-state index >= 15 is 0 Å². The van der Waals surface area contributed by atoms with Crippen LogP contribution in [-0.2, 0) is 33.3 Å². The first-order chi connectivity index (χ1) is 11.5. The van der Waals surface area contributed by atoms with Gasteiger partial charge in [-0.1, -0.05) is 23.7 Å². The fourth-order valence-corrected chi connectivity index (χ4v) is 3.42. The predicted molar refractivity (Wildman–Crippen MR) is 94.1 cm³/mol. The molecule has 0 fully saturated rings. The van der Waals surface area contributed by atoms with Gasteiger partial charge < -0.3 is 5.11 Å². The molecule has 0 aliphatic heterocycles. The molecule has 130 valence electrons. The minimum absolute atomic E-state index is 0.234. The van der Waals surface area contributed by atoms with Gasteiger partial charge in [-0.25, -0.2) is 13.9 Å². The van der Waals surface area contributed by atoms with E-state index < -0.39 is 17.2 Å². The number of hydrogen-bond acceptors (Lipinski definition) is 6. The normalized spacial score (nSPS) is 12.1. The fraction of sp³-hybridized carbons (Fsp3) is 0.286. The van der Waals surface area contributed by atoms with Crippen LogP contribution in [0.4, 0.5) is 5.13 Å². The third-order valence-corrected chi connectivity index (χ3v) is 4.81. The van der Waals surface area contributed by atoms with Gasteiger partial charge in [0.15, 0.2) is 5.13 Å². The minimum atomic E-state index is -1.72. The van der Waals surface area contributed by atoms with Crippen molar-refractivity contribution in [1.29, 1.82) is 0 Å². The summed E-state index contributed by atoms with van der Waals surface area (Å²) in [6, 6.07) is 7.39. The minimum Gasteiger partial charge on any atom is -0.390 e. The smallest absolute Gasteiger partial charge is 0.253 e. The van der Waals surface area contributed by atoms with Crippen LogP contribution in [0.3, 0.4) is 0 Å². The van der Waals surface area contributed by atoms with E-state index in [-0.39, 0.29) is 13.2 Å². The molecule has 2 aromatic rings. The molecule has 0 saturated heterocycles. The molecule has 0 aliphatic rings. The number of halogens is 1. The largest absolute Gasteiger partial charge is 0.390 e. The second-order valence-corrected chi connectivity index (χ2v) is 7.24. The highest BCUT2D eigenvalue weighted by atomic mass is 35.5. The monoisotopic (exact) mass is 389 g/mol. The Morgan fingerprint density at radius 3 is 2.96 bits per heavy atom. The molecule has 1 amide bonds. The van der Waals surface area contributed by atoms with Gasteiger partial charge in [0.1, 0.15) is 6.61 Å². The van der Waals surface area contributed by atoms with Crippen LogP contribution in [-0.4, -0.2) is 33.9 Å². The number of benzene rings is 1. The molecular formula is C14H16ClN3O4S2. The van der Waals surface area contributed by atoms with Crippen molar-refractivity contribution < 1.29 is 18.3 Å². The van der Waals surface area contributed by atoms with Gasteiger partial charge in [0.2, 0.25) is 11.3 Å². The first-order valence-electron chi connectivity index (χ1n) is 6.88. The lowest BCUT2D eigenvalue weighted by atomic mass is 10.1. The fourth-order valence-electron chi connectivity index (χ4n) is 1.85. The van der Waals surface area contributed by atoms with Crippen LogP contribution < -0.4 is 10.0 Å². The van der Waals surface area contributed by atoms with Gasteiger partial charge in [-0.15, -0.1) is 11.3 Å². The molecule has 7 nitrogen and oxygen atoms in total. The molecule has 1 aromatic heterocycles. The number of carbonyl (C=O) groups is 1. The Balaban J connectivity index is 2.04. The lowest BCUT2D eigenvalue weighted by Gasteiger charge is -2.02. The van der Waals surface area contributed by atoms with Crippen molar-refractivity contribution >= 4 is 45.2 Å². The molecule has 0 radical (unpaired) electrons. The van der Waals surface area contributed by atoms with Crippen LogP contribution in [0.25, 0.3) is 0 Å². The lowest BCUT2D eigenvalue weighted by Crippen LogP contribution is -2.22. The highest BCUT2D eigenvalue weighted by Gasteiger charge is 2.14. The van der Waals surface area contributed by atoms with Gasteiger partial charge in [0, 0.05) is 16.3 Å². The van der Waals surface area contributed by atoms with Crippen LogP contribution in [0.15, 0.2) is 24.3 Å². The summed E-state index contributed by atoms with van der Waals surface area (Å²) >= 11 is 5.51. The molecule has 24 heavy (non-hydrogen) atoms. The van der Waals surface area contributed by atoms with Crippen molar-refractivity contribution in [3.05, 3.63) is 45.4 Å². The molecule has 0 aliphatic carbocycles. The molecule has 0 spiro atoms. The number of nitrogens with one attached hydrogen (secondary N) is 2. The number of aromatic nitrogens is 1. The first kappa shape index (κ1) is 19.0. The van der Waals surface area contributed by atoms with Crippen molar-refractivity contribution in [1.82, 2.24) is 9.71 Å². The summed E-state index contributed by atoms with van der Waals surface area (Å²) in [5.41, 5.74) is 1.47. The summed E-state index contributed by atoms with van der Waals surface area (Å²) in [6.07, 6.45) is 0.546. The Labute approximate surface area is 150 Å². The Morgan fingerprint density at radius 2 is 2.29 bits per heavy atom. The van der Waals surface area contributed by atoms with E-state index in [1.165, 1.54) is 18.4 Å². The lowest BCUT2D eigenvalue weighted by molar-refractivity contribution is -0.117. The maximum Gasteiger partial charge on any atom is 0.253 e. The van der Waals surface area contributed by atoms with Crippen molar-refractivity contribution in [3.8, 4) is 0 Å². The summed E-state index contributed by atoms with van der Waals surface area (Å²) in [7, 11) is 1.45. The summed E-state index contributed by atoms with van der Waals surface area (Å²) in [5.74, 6) is -0.480. The van der Waals surface area contributed by atoms with E-state index in [0.717, 1.165) is 10.4 Å². The summed E-state index contributed by atoms with van der Waals surface area (Å²) in [4.78, 5) is 16.8. The molecule has 0 bridgehead atoms. The average molecular weight is 390 g/mol. The number of rotatable bonds is 8. The average Bonchev–Trinajstić information content (AvgIpc) is 2.93. The van der Waals surface area contributed by atoms with Gasteiger partial charge in [-0.2, -0.15) is 0 Å². The van der Waals surface area contributed by atoms with E-state index in [1.54, 1.807) is 6.07 Å². The zero-order valence-electron chi connectivity index (χ0n) is 12.7. The van der Waals surface area contributed by atoms with Gasteiger partial charge in [0.05, 0.1) is 12.3 Å². The van der Waals surface area contributed by atoms with E-state index in [4.69, 9.17) is 15.8 Å². The maximum atomic E-state index is 11.7. The zero-order valence-corrected chi connectivity index (χ0v) is 15.1. The van der Waals surface area contributed by atoms with Crippen molar-refractivity contribution in [2.75, 3.05) is 19.0 Å². The van der Waals surface area contributed by atoms with E-state index in [2.05, 4.69) is 15.0 Å². The number of aliphatic hydroxyl groups is 1. The molecule has 1 atom stereocenters. The molecule has 2 rings (SSSR count). The molecule has 0 saturated carbocycles. The quantitative estimate of drug-likeness (QED) is 0.637. The number of hydrogen-bond donors (Lipinski definition) is 3. The van der Waals surface area contributed by atoms with Crippen LogP contribution >= 0.6 is 22.9 Å². The highest BCUT2D eigenvalue weighted by molar-refractivity contribution is 7.78. The van der Waals surface area contributed by atoms with Crippen LogP contribution in [0.2, 0.25) is 5.02 Å². The van der Waals surface area contributed by atoms with E-state index in [0.29, 0.717) is 22.3 Å². The molecule has 10 heteroatoms. The molecule has 1 heterocycles. The number of anilines is 1. The summed E-state index contributed by atoms with van der Waals surface area (Å²) in [6.45, 7) is -0.604. The predicted octanol–water partition coefficient (Wildman–Crippen LogP) is 1.63. The van der Waals surface area contributed by atoms with Crippen LogP contribution in [0.1, 0.15) is 16.1 Å². The van der Waals surface area contributed by atoms with Crippen molar-refractivity contribution in [2.24, 2.45) is 0 Å². The first-order valence-corrected chi connectivity index (χ1v) is 9.15. The summed E-state index contributed by atoms with van der Waals surface area (Å²) in [5, 5.41) is 13.0. The number of carbonyl (C=O) groups excluding carboxylic acids is 1. The zero-order chi connectivity index (χ0) is 17.5. The van der Waals surface area contributed by atoms with E-state index in [1.807, 2.05) is 18.2 Å². The Bertz CT molecular complexity index is 739. The van der Waals surface area contributed by atoms with Gasteiger partial charge in [0.25, 0.3) is 5.91 Å². The molecular weight excluding hydrogens is 374 g/mol. The SMILES string of the molecule is CNS(=O)OCC(=O)Nc1nc(CO)c(Cc2cccc(Cl)c2)s1. The van der Waals surface area contributed by atoms with Gasteiger partial charge in [-0.3, -0.25) is 14.3 Å². The third kappa shape index (κ3) is 5.62. The molecule has 1 unspecified atom stereocenters. The standard InChI is InChI=1S/C14H16ClN3O4S2/c1-16-24(21)22-8-13(20)18-14-17-11(7-19)12(23-14)6-9-3-2-4-10(15)5-9/h2-5,16,19H,6-8H2,1H3,(H,17,18,20). The number of amides is 1. The van der Waals surface area contributed by atoms with Gasteiger partial charge >= 0.3 is 0 Å². The Kier molecular flexibility index (Phi) is 7.28. The Morgan fingerprint density at radius 1 is 1.50 bits per heavy atom. The van der Waals surface area contributed by atoms with Crippen molar-refractivity contribution in [3.63, 3.8) is 0 Å². The third-order valence-electron chi connectivity index (χ3n) is 2.89. The number of aliphatic hydroxyl groups excluding tert-OH is 1. The maximum absolute atomic E-state index is 11.7. The highest BCUT2D eigenvalue weighted by Crippen LogP contribution is 2.26. The van der Waals surface area contributed by atoms with Gasteiger partial charge in [-0.05, 0) is 24.7 Å². The number of thiazole rings is 1.